The lowest BCUT2D eigenvalue weighted by molar-refractivity contribution is -0.139. The number of piperidine rings is 2. The van der Waals surface area contributed by atoms with Crippen molar-refractivity contribution in [1.82, 2.24) is 29.4 Å². The summed E-state index contributed by atoms with van der Waals surface area (Å²) < 4.78 is 0. The number of aliphatic hydroxyl groups excluding tert-OH is 1. The first-order chi connectivity index (χ1) is 56.0. The number of β-amino-alcohol motifs (C(OH)–C–C–N with tert-alkyl or cyclic N) is 1. The Labute approximate surface area is 708 Å². The molecular formula is C91H92Cl6N12O7. The number of likely N-dealkylation sites (tertiary alicyclic amines) is 3. The molecule has 3 aliphatic heterocycles. The Morgan fingerprint density at radius 3 is 1.20 bits per heavy atom. The maximum Gasteiger partial charge on any atom is 0.246 e. The summed E-state index contributed by atoms with van der Waals surface area (Å²) >= 11 is 36.4. The number of nitriles is 3. The predicted octanol–water partition coefficient (Wildman–Crippen LogP) is 17.8. The van der Waals surface area contributed by atoms with E-state index < -0.39 is 6.04 Å². The van der Waals surface area contributed by atoms with Crippen molar-refractivity contribution in [3.63, 3.8) is 0 Å². The Kier molecular flexibility index (Phi) is 34.1. The highest BCUT2D eigenvalue weighted by Crippen LogP contribution is 2.30. The van der Waals surface area contributed by atoms with Gasteiger partial charge in [-0.3, -0.25) is 33.7 Å². The SMILES string of the molecule is CC(C(=O)Nc1cc(Cl)cc(Cl)c1)N(Cc1ccc(-c2cccc(C#N)c2)cc1)C(=O)CCN1CC[C@@H](O)C1.N#Cc1cccc(-c2ccc(CCN(CC(=O)Nc3cc(Cl)cc(Cl)c3)C(=O)CCN3CCCCC3)cc2)c1.N#Cc1cccc(-c2ccc(CCN(CC(=O)Nc3cc(Cl)cc(Cl)c3)C(=O)CN3CCCCC3)cc2)c1. The van der Waals surface area contributed by atoms with Crippen LogP contribution < -0.4 is 16.0 Å². The summed E-state index contributed by atoms with van der Waals surface area (Å²) in [5, 5.41) is 48.3. The molecule has 3 aliphatic rings. The number of carbonyl (C=O) groups excluding carboxylic acids is 6. The van der Waals surface area contributed by atoms with Crippen LogP contribution in [-0.4, -0.2) is 167 Å². The number of carbonyl (C=O) groups is 6. The van der Waals surface area contributed by atoms with Crippen LogP contribution in [0.25, 0.3) is 33.4 Å². The number of anilines is 3. The first kappa shape index (κ1) is 88.2. The van der Waals surface area contributed by atoms with Crippen LogP contribution in [0.15, 0.2) is 200 Å². The second-order valence-corrected chi connectivity index (χ2v) is 31.7. The second-order valence-electron chi connectivity index (χ2n) is 29.0. The lowest BCUT2D eigenvalue weighted by Gasteiger charge is -2.29. The molecular weight excluding hydrogens is 1590 g/mol. The summed E-state index contributed by atoms with van der Waals surface area (Å²) in [6.07, 6.45) is 9.11. The van der Waals surface area contributed by atoms with Crippen molar-refractivity contribution in [2.75, 3.05) is 101 Å². The topological polar surface area (TPSA) is 250 Å². The van der Waals surface area contributed by atoms with E-state index in [4.69, 9.17) is 74.9 Å². The van der Waals surface area contributed by atoms with Crippen molar-refractivity contribution in [2.24, 2.45) is 0 Å². The fraction of sp³-hybridized carbons (Fsp3) is 0.308. The molecule has 9 aromatic carbocycles. The third kappa shape index (κ3) is 28.3. The zero-order valence-corrected chi connectivity index (χ0v) is 69.1. The van der Waals surface area contributed by atoms with Gasteiger partial charge in [0.15, 0.2) is 0 Å². The minimum atomic E-state index is -0.772. The van der Waals surface area contributed by atoms with Gasteiger partial charge in [-0.15, -0.1) is 0 Å². The fourth-order valence-corrected chi connectivity index (χ4v) is 15.6. The highest BCUT2D eigenvalue weighted by molar-refractivity contribution is 6.36. The van der Waals surface area contributed by atoms with Crippen LogP contribution in [0.2, 0.25) is 30.1 Å². The minimum absolute atomic E-state index is 0.0372. The summed E-state index contributed by atoms with van der Waals surface area (Å²) in [4.78, 5) is 90.3. The van der Waals surface area contributed by atoms with Gasteiger partial charge in [0.25, 0.3) is 0 Å². The fourth-order valence-electron chi connectivity index (χ4n) is 14.0. The van der Waals surface area contributed by atoms with Crippen LogP contribution in [-0.2, 0) is 48.2 Å². The Balaban J connectivity index is 0.000000184. The minimum Gasteiger partial charge on any atom is -0.392 e. The molecule has 0 radical (unpaired) electrons. The van der Waals surface area contributed by atoms with Gasteiger partial charge in [-0.25, -0.2) is 0 Å². The number of hydrogen-bond donors (Lipinski definition) is 4. The number of aliphatic hydroxyl groups is 1. The Hall–Kier alpha value is -10.2. The van der Waals surface area contributed by atoms with Gasteiger partial charge in [-0.2, -0.15) is 15.8 Å². The van der Waals surface area contributed by atoms with Crippen LogP contribution in [0.3, 0.4) is 0 Å². The number of hydrogen-bond acceptors (Lipinski definition) is 13. The largest absolute Gasteiger partial charge is 0.392 e. The molecule has 0 spiro atoms. The van der Waals surface area contributed by atoms with E-state index in [9.17, 15) is 44.4 Å². The van der Waals surface area contributed by atoms with Gasteiger partial charge >= 0.3 is 0 Å². The summed E-state index contributed by atoms with van der Waals surface area (Å²) in [7, 11) is 0. The van der Waals surface area contributed by atoms with Crippen LogP contribution in [0, 0.1) is 34.0 Å². The molecule has 2 atom stereocenters. The smallest absolute Gasteiger partial charge is 0.246 e. The first-order valence-corrected chi connectivity index (χ1v) is 41.0. The molecule has 19 nitrogen and oxygen atoms in total. The average Bonchev–Trinajstić information content (AvgIpc) is 0.978. The van der Waals surface area contributed by atoms with Crippen molar-refractivity contribution < 1.29 is 33.9 Å². The van der Waals surface area contributed by atoms with Crippen LogP contribution >= 0.6 is 69.6 Å². The van der Waals surface area contributed by atoms with E-state index in [1.54, 1.807) is 94.4 Å². The van der Waals surface area contributed by atoms with E-state index in [0.29, 0.717) is 129 Å². The Bertz CT molecular complexity index is 4940. The summed E-state index contributed by atoms with van der Waals surface area (Å²) in [5.41, 5.74) is 12.1. The maximum atomic E-state index is 13.4. The monoisotopic (exact) mass is 1670 g/mol. The molecule has 1 unspecified atom stereocenters. The van der Waals surface area contributed by atoms with Crippen molar-refractivity contribution in [3.8, 4) is 51.6 Å². The number of nitrogens with one attached hydrogen (secondary N) is 3. The van der Waals surface area contributed by atoms with Gasteiger partial charge in [0.1, 0.15) is 6.04 Å². The third-order valence-corrected chi connectivity index (χ3v) is 21.6. The van der Waals surface area contributed by atoms with E-state index in [1.165, 1.54) is 25.7 Å². The number of rotatable bonds is 28. The molecule has 25 heteroatoms. The predicted molar refractivity (Wildman–Crippen MR) is 463 cm³/mol. The molecule has 4 N–H and O–H groups in total. The van der Waals surface area contributed by atoms with Gasteiger partial charge in [0.05, 0.1) is 60.6 Å². The molecule has 3 heterocycles. The van der Waals surface area contributed by atoms with Gasteiger partial charge in [-0.05, 0) is 219 Å². The van der Waals surface area contributed by atoms with E-state index in [0.717, 1.165) is 95.6 Å². The summed E-state index contributed by atoms with van der Waals surface area (Å²) in [5.74, 6) is -1.21. The normalized spacial score (nSPS) is 14.3. The van der Waals surface area contributed by atoms with Gasteiger partial charge < -0.3 is 45.6 Å². The third-order valence-electron chi connectivity index (χ3n) is 20.3. The number of halogens is 6. The zero-order chi connectivity index (χ0) is 82.5. The lowest BCUT2D eigenvalue weighted by atomic mass is 10.0. The average molecular weight is 1680 g/mol. The first-order valence-electron chi connectivity index (χ1n) is 38.8. The molecule has 3 fully saturated rings. The van der Waals surface area contributed by atoms with Gasteiger partial charge in [0.2, 0.25) is 35.4 Å². The second kappa shape index (κ2) is 44.8. The highest BCUT2D eigenvalue weighted by atomic mass is 35.5. The standard InChI is InChI=1S/C31H32Cl2N4O2.C30H30Cl2N4O3.C30H30Cl2N4O2/c32-27-18-28(33)20-29(19-27)35-30(38)22-37(31(39)12-15-36-13-2-1-3-14-36)16-11-23-7-9-25(10-8-23)26-6-4-5-24(17-26)21-34;1-20(30(39)34-27-15-25(31)14-26(32)16-27)36(29(38)10-12-35-11-9-28(37)19-35)18-21-5-7-23(8-6-21)24-4-2-3-22(13-24)17-33;31-26-16-27(32)18-28(17-26)34-29(37)20-36(30(38)21-35-12-2-1-3-13-35)14-11-22-7-9-24(10-8-22)25-6-4-5-23(15-25)19-33/h4-10,17-20H,1-3,11-16,22H2,(H,35,38);2-8,13-16,20,28,37H,9-12,18-19H2,1H3,(H,34,39);4-10,15-18H,1-3,11-14,20-21H2,(H,34,37)/t;20?,28-;/m.1./s1. The van der Waals surface area contributed by atoms with E-state index in [1.807, 2.05) is 127 Å². The maximum absolute atomic E-state index is 13.4. The zero-order valence-electron chi connectivity index (χ0n) is 64.6. The molecule has 0 aromatic heterocycles. The van der Waals surface area contributed by atoms with Gasteiger partial charge in [-0.1, -0.05) is 192 Å². The van der Waals surface area contributed by atoms with Crippen molar-refractivity contribution >= 4 is 122 Å². The van der Waals surface area contributed by atoms with E-state index in [2.05, 4.69) is 48.9 Å². The van der Waals surface area contributed by atoms with Crippen molar-refractivity contribution in [1.29, 1.82) is 15.8 Å². The Morgan fingerprint density at radius 1 is 0.431 bits per heavy atom. The number of benzene rings is 9. The van der Waals surface area contributed by atoms with Gasteiger partial charge in [0, 0.05) is 106 Å². The van der Waals surface area contributed by atoms with Crippen LogP contribution in [0.5, 0.6) is 0 Å². The number of nitrogens with zero attached hydrogens (tertiary/aromatic N) is 9. The molecule has 0 saturated carbocycles. The highest BCUT2D eigenvalue weighted by Gasteiger charge is 2.29. The van der Waals surface area contributed by atoms with E-state index >= 15 is 0 Å². The molecule has 116 heavy (non-hydrogen) atoms. The lowest BCUT2D eigenvalue weighted by Crippen LogP contribution is -2.46. The molecule has 9 aromatic rings. The molecule has 0 bridgehead atoms. The summed E-state index contributed by atoms with van der Waals surface area (Å²) in [6, 6.07) is 66.5. The van der Waals surface area contributed by atoms with Crippen LogP contribution in [0.4, 0.5) is 17.1 Å². The molecule has 3 saturated heterocycles. The molecule has 6 amide bonds. The molecule has 12 rings (SSSR count). The van der Waals surface area contributed by atoms with E-state index in [-0.39, 0.29) is 67.6 Å². The van der Waals surface area contributed by atoms with Crippen LogP contribution in [0.1, 0.15) is 98.1 Å². The quantitative estimate of drug-likeness (QED) is 0.0357. The molecule has 600 valence electrons. The van der Waals surface area contributed by atoms with Crippen molar-refractivity contribution in [3.05, 3.63) is 264 Å². The molecule has 0 aliphatic carbocycles. The van der Waals surface area contributed by atoms with Crippen molar-refractivity contribution in [2.45, 2.75) is 96.2 Å². The Morgan fingerprint density at radius 2 is 0.802 bits per heavy atom. The number of amides is 6. The summed E-state index contributed by atoms with van der Waals surface area (Å²) in [6.45, 7) is 9.33.